The van der Waals surface area contributed by atoms with E-state index in [0.29, 0.717) is 0 Å². The van der Waals surface area contributed by atoms with E-state index in [-0.39, 0.29) is 0 Å². The van der Waals surface area contributed by atoms with Crippen LogP contribution in [-0.2, 0) is 0 Å². The Hall–Kier alpha value is -3.09. The van der Waals surface area contributed by atoms with E-state index >= 15 is 0 Å². The van der Waals surface area contributed by atoms with Crippen molar-refractivity contribution in [1.82, 2.24) is 0 Å². The summed E-state index contributed by atoms with van der Waals surface area (Å²) >= 11 is 0. The minimum atomic E-state index is -2.22. The number of hydrogen-bond donors (Lipinski definition) is 0. The van der Waals surface area contributed by atoms with Crippen molar-refractivity contribution in [2.75, 3.05) is 18.0 Å². The lowest BCUT2D eigenvalue weighted by atomic mass is 10.2. The first kappa shape index (κ1) is 21.2. The Balaban J connectivity index is 1.99. The highest BCUT2D eigenvalue weighted by Gasteiger charge is 2.27. The molecule has 31 heavy (non-hydrogen) atoms. The van der Waals surface area contributed by atoms with E-state index in [1.807, 2.05) is 0 Å². The lowest BCUT2D eigenvalue weighted by Crippen LogP contribution is -2.25. The van der Waals surface area contributed by atoms with Gasteiger partial charge in [0.1, 0.15) is 0 Å². The number of rotatable bonds is 7. The highest BCUT2D eigenvalue weighted by Crippen LogP contribution is 2.49. The second-order valence-corrected chi connectivity index (χ2v) is 10.5. The van der Waals surface area contributed by atoms with Crippen LogP contribution in [0.2, 0.25) is 0 Å². The molecule has 0 fully saturated rings. The first-order chi connectivity index (χ1) is 15.3. The van der Waals surface area contributed by atoms with Crippen LogP contribution in [0.1, 0.15) is 13.8 Å². The Morgan fingerprint density at radius 3 is 1.29 bits per heavy atom. The normalized spacial score (nSPS) is 11.2. The third kappa shape index (κ3) is 4.36. The van der Waals surface area contributed by atoms with Crippen molar-refractivity contribution in [3.05, 3.63) is 115 Å². The van der Waals surface area contributed by atoms with E-state index in [0.717, 1.165) is 18.8 Å². The van der Waals surface area contributed by atoms with Gasteiger partial charge in [-0.15, -0.1) is 0 Å². The summed E-state index contributed by atoms with van der Waals surface area (Å²) in [6.45, 7) is 6.39. The van der Waals surface area contributed by atoms with Gasteiger partial charge >= 0.3 is 0 Å². The van der Waals surface area contributed by atoms with E-state index in [4.69, 9.17) is 4.74 Å². The van der Waals surface area contributed by atoms with Gasteiger partial charge in [-0.2, -0.15) is 0 Å². The predicted octanol–water partition coefficient (Wildman–Crippen LogP) is 6.34. The molecule has 0 spiro atoms. The lowest BCUT2D eigenvalue weighted by Gasteiger charge is -2.27. The van der Waals surface area contributed by atoms with Crippen molar-refractivity contribution in [2.24, 2.45) is 4.74 Å². The van der Waals surface area contributed by atoms with Gasteiger partial charge in [-0.1, -0.05) is 91.0 Å². The van der Waals surface area contributed by atoms with Gasteiger partial charge < -0.3 is 4.90 Å². The Bertz CT molecular complexity index is 1030. The smallest absolute Gasteiger partial charge is 0.0626 e. The molecule has 4 rings (SSSR count). The molecule has 156 valence electrons. The highest BCUT2D eigenvalue weighted by molar-refractivity contribution is 7.87. The summed E-state index contributed by atoms with van der Waals surface area (Å²) in [6.07, 6.45) is 0. The molecule has 0 radical (unpaired) electrons. The van der Waals surface area contributed by atoms with Crippen molar-refractivity contribution < 1.29 is 0 Å². The fraction of sp³-hybridized carbons (Fsp3) is 0.143. The van der Waals surface area contributed by atoms with Crippen LogP contribution >= 0.6 is 7.05 Å². The van der Waals surface area contributed by atoms with Gasteiger partial charge in [0.15, 0.2) is 0 Å². The zero-order valence-corrected chi connectivity index (χ0v) is 19.1. The molecular weight excluding hydrogens is 395 g/mol. The lowest BCUT2D eigenvalue weighted by molar-refractivity contribution is 0.866. The SMILES string of the molecule is CCN(CC)c1ccc(N=P(c2ccccc2)(c2ccccc2)c2ccccc2)cc1. The highest BCUT2D eigenvalue weighted by atomic mass is 31.2. The molecule has 4 aromatic rings. The molecule has 0 N–H and O–H groups in total. The fourth-order valence-corrected chi connectivity index (χ4v) is 7.58. The van der Waals surface area contributed by atoms with Crippen LogP contribution in [-0.4, -0.2) is 13.1 Å². The Morgan fingerprint density at radius 1 is 0.548 bits per heavy atom. The molecular formula is C28H29N2P. The van der Waals surface area contributed by atoms with Crippen molar-refractivity contribution >= 4 is 34.3 Å². The van der Waals surface area contributed by atoms with Crippen LogP contribution in [0.25, 0.3) is 0 Å². The fourth-order valence-electron chi connectivity index (χ4n) is 4.04. The molecule has 0 amide bonds. The topological polar surface area (TPSA) is 15.6 Å². The summed E-state index contributed by atoms with van der Waals surface area (Å²) in [5.74, 6) is 0. The number of anilines is 1. The average Bonchev–Trinajstić information content (AvgIpc) is 2.86. The van der Waals surface area contributed by atoms with Gasteiger partial charge in [0, 0.05) is 34.7 Å². The molecule has 0 aliphatic rings. The third-order valence-corrected chi connectivity index (χ3v) is 9.30. The Kier molecular flexibility index (Phi) is 6.70. The van der Waals surface area contributed by atoms with Gasteiger partial charge in [0.05, 0.1) is 12.7 Å². The molecule has 0 aromatic heterocycles. The number of benzene rings is 4. The molecule has 0 saturated heterocycles. The molecule has 2 nitrogen and oxygen atoms in total. The van der Waals surface area contributed by atoms with Crippen LogP contribution in [0.3, 0.4) is 0 Å². The molecule has 0 heterocycles. The summed E-state index contributed by atoms with van der Waals surface area (Å²) in [6, 6.07) is 41.0. The molecule has 3 heteroatoms. The molecule has 0 unspecified atom stereocenters. The van der Waals surface area contributed by atoms with E-state index in [9.17, 15) is 0 Å². The summed E-state index contributed by atoms with van der Waals surface area (Å²) in [7, 11) is -2.22. The standard InChI is InChI=1S/C28H29N2P/c1-3-30(4-2)25-22-20-24(21-23-25)29-31(26-14-8-5-9-15-26,27-16-10-6-11-17-27)28-18-12-7-13-19-28/h5-23H,3-4H2,1-2H3. The number of nitrogens with zero attached hydrogens (tertiary/aromatic N) is 2. The average molecular weight is 425 g/mol. The van der Waals surface area contributed by atoms with Gasteiger partial charge in [-0.25, -0.2) is 0 Å². The van der Waals surface area contributed by atoms with Crippen LogP contribution in [0.4, 0.5) is 11.4 Å². The van der Waals surface area contributed by atoms with E-state index in [1.165, 1.54) is 21.6 Å². The molecule has 0 aliphatic carbocycles. The maximum absolute atomic E-state index is 5.55. The monoisotopic (exact) mass is 424 g/mol. The summed E-state index contributed by atoms with van der Waals surface area (Å²) in [5.41, 5.74) is 2.26. The Morgan fingerprint density at radius 2 is 0.935 bits per heavy atom. The third-order valence-electron chi connectivity index (χ3n) is 5.63. The Labute approximate surface area is 186 Å². The van der Waals surface area contributed by atoms with Crippen molar-refractivity contribution in [3.8, 4) is 0 Å². The van der Waals surface area contributed by atoms with Crippen LogP contribution in [0.5, 0.6) is 0 Å². The van der Waals surface area contributed by atoms with E-state index in [1.54, 1.807) is 0 Å². The van der Waals surface area contributed by atoms with Crippen LogP contribution < -0.4 is 20.8 Å². The molecule has 0 saturated carbocycles. The van der Waals surface area contributed by atoms with E-state index in [2.05, 4.69) is 134 Å². The van der Waals surface area contributed by atoms with Gasteiger partial charge in [0.2, 0.25) is 0 Å². The van der Waals surface area contributed by atoms with Gasteiger partial charge in [0.25, 0.3) is 0 Å². The zero-order valence-electron chi connectivity index (χ0n) is 18.2. The van der Waals surface area contributed by atoms with Gasteiger partial charge in [-0.3, -0.25) is 4.74 Å². The van der Waals surface area contributed by atoms with Crippen LogP contribution in [0, 0.1) is 0 Å². The minimum absolute atomic E-state index is 1.00. The summed E-state index contributed by atoms with van der Waals surface area (Å²) in [5, 5.41) is 3.79. The molecule has 4 aromatic carbocycles. The summed E-state index contributed by atoms with van der Waals surface area (Å²) in [4.78, 5) is 2.36. The maximum atomic E-state index is 5.55. The first-order valence-electron chi connectivity index (χ1n) is 10.9. The van der Waals surface area contributed by atoms with E-state index < -0.39 is 7.05 Å². The minimum Gasteiger partial charge on any atom is -0.372 e. The van der Waals surface area contributed by atoms with Crippen molar-refractivity contribution in [1.29, 1.82) is 0 Å². The quantitative estimate of drug-likeness (QED) is 0.316. The van der Waals surface area contributed by atoms with Gasteiger partial charge in [-0.05, 0) is 38.1 Å². The predicted molar refractivity (Wildman–Crippen MR) is 137 cm³/mol. The largest absolute Gasteiger partial charge is 0.372 e. The summed E-state index contributed by atoms with van der Waals surface area (Å²) < 4.78 is 5.55. The van der Waals surface area contributed by atoms with Crippen molar-refractivity contribution in [2.45, 2.75) is 13.8 Å². The number of hydrogen-bond acceptors (Lipinski definition) is 2. The first-order valence-corrected chi connectivity index (χ1v) is 12.7. The second kappa shape index (κ2) is 9.81. The maximum Gasteiger partial charge on any atom is 0.0626 e. The van der Waals surface area contributed by atoms with Crippen molar-refractivity contribution in [3.63, 3.8) is 0 Å². The van der Waals surface area contributed by atoms with Crippen LogP contribution in [0.15, 0.2) is 120 Å². The molecule has 0 atom stereocenters. The molecule has 0 aliphatic heterocycles. The molecule has 0 bridgehead atoms. The second-order valence-electron chi connectivity index (χ2n) is 7.43. The zero-order chi connectivity index (χ0) is 21.5.